The van der Waals surface area contributed by atoms with Gasteiger partial charge in [0.1, 0.15) is 11.9 Å². The van der Waals surface area contributed by atoms with Gasteiger partial charge >= 0.3 is 0 Å². The van der Waals surface area contributed by atoms with E-state index in [1.165, 1.54) is 11.0 Å². The molecule has 0 aromatic heterocycles. The Hall–Kier alpha value is -2.40. The van der Waals surface area contributed by atoms with Crippen molar-refractivity contribution in [3.8, 4) is 0 Å². The number of carbonyl (C=O) groups is 2. The number of likely N-dealkylation sites (N-methyl/N-ethyl adjacent to an activating group) is 1. The molecule has 2 amide bonds. The number of hydrogen-bond donors (Lipinski definition) is 1. The zero-order valence-corrected chi connectivity index (χ0v) is 15.8. The van der Waals surface area contributed by atoms with E-state index in [4.69, 9.17) is 11.6 Å². The van der Waals surface area contributed by atoms with Gasteiger partial charge in [0.05, 0.1) is 0 Å². The maximum absolute atomic E-state index is 13.8. The average Bonchev–Trinajstić information content (AvgIpc) is 2.61. The summed E-state index contributed by atoms with van der Waals surface area (Å²) in [6.07, 6.45) is 0. The standard InChI is InChI=1S/C20H22ClFN2O2/c1-13(2)18(23-19(25)14-8-10-16(21)11-9-14)20(26)24(3)12-15-6-4-5-7-17(15)22/h4-11,13,18H,12H2,1-3H3,(H,23,25)/t18-/m0/s1. The molecule has 0 radical (unpaired) electrons. The van der Waals surface area contributed by atoms with Gasteiger partial charge in [-0.3, -0.25) is 9.59 Å². The van der Waals surface area contributed by atoms with Crippen molar-refractivity contribution in [2.24, 2.45) is 5.92 Å². The topological polar surface area (TPSA) is 49.4 Å². The maximum atomic E-state index is 13.8. The maximum Gasteiger partial charge on any atom is 0.251 e. The molecular formula is C20H22ClFN2O2. The van der Waals surface area contributed by atoms with Crippen molar-refractivity contribution < 1.29 is 14.0 Å². The molecule has 0 fully saturated rings. The molecule has 2 rings (SSSR count). The largest absolute Gasteiger partial charge is 0.340 e. The van der Waals surface area contributed by atoms with Gasteiger partial charge in [0.15, 0.2) is 0 Å². The van der Waals surface area contributed by atoms with Crippen molar-refractivity contribution >= 4 is 23.4 Å². The molecule has 0 unspecified atom stereocenters. The van der Waals surface area contributed by atoms with Gasteiger partial charge in [-0.1, -0.05) is 43.6 Å². The first kappa shape index (κ1) is 19.9. The van der Waals surface area contributed by atoms with Gasteiger partial charge in [-0.05, 0) is 36.2 Å². The third-order valence-electron chi connectivity index (χ3n) is 4.07. The Bertz CT molecular complexity index is 778. The lowest BCUT2D eigenvalue weighted by atomic mass is 10.0. The molecule has 0 aliphatic carbocycles. The highest BCUT2D eigenvalue weighted by Gasteiger charge is 2.27. The van der Waals surface area contributed by atoms with E-state index in [0.29, 0.717) is 16.1 Å². The van der Waals surface area contributed by atoms with Gasteiger partial charge in [0, 0.05) is 29.7 Å². The number of rotatable bonds is 6. The van der Waals surface area contributed by atoms with Crippen molar-refractivity contribution in [3.05, 3.63) is 70.5 Å². The first-order chi connectivity index (χ1) is 12.3. The van der Waals surface area contributed by atoms with Crippen LogP contribution in [0.3, 0.4) is 0 Å². The van der Waals surface area contributed by atoms with Crippen LogP contribution in [0.2, 0.25) is 5.02 Å². The van der Waals surface area contributed by atoms with Crippen molar-refractivity contribution in [2.45, 2.75) is 26.4 Å². The minimum absolute atomic E-state index is 0.123. The Morgan fingerprint density at radius 2 is 1.73 bits per heavy atom. The molecule has 1 N–H and O–H groups in total. The van der Waals surface area contributed by atoms with Crippen LogP contribution in [0.25, 0.3) is 0 Å². The number of hydrogen-bond acceptors (Lipinski definition) is 2. The van der Waals surface area contributed by atoms with Gasteiger partial charge < -0.3 is 10.2 Å². The molecule has 0 bridgehead atoms. The summed E-state index contributed by atoms with van der Waals surface area (Å²) in [5.74, 6) is -1.11. The molecule has 0 spiro atoms. The van der Waals surface area contributed by atoms with E-state index >= 15 is 0 Å². The van der Waals surface area contributed by atoms with E-state index in [1.54, 1.807) is 49.5 Å². The molecule has 1 atom stereocenters. The number of halogens is 2. The van der Waals surface area contributed by atoms with Crippen molar-refractivity contribution in [3.63, 3.8) is 0 Å². The van der Waals surface area contributed by atoms with Crippen LogP contribution in [-0.2, 0) is 11.3 Å². The zero-order valence-electron chi connectivity index (χ0n) is 15.0. The normalized spacial score (nSPS) is 11.9. The van der Waals surface area contributed by atoms with Gasteiger partial charge in [-0.2, -0.15) is 0 Å². The summed E-state index contributed by atoms with van der Waals surface area (Å²) >= 11 is 5.83. The predicted octanol–water partition coefficient (Wildman–Crippen LogP) is 3.89. The highest BCUT2D eigenvalue weighted by Crippen LogP contribution is 2.14. The number of carbonyl (C=O) groups excluding carboxylic acids is 2. The number of benzene rings is 2. The summed E-state index contributed by atoms with van der Waals surface area (Å²) in [6.45, 7) is 3.83. The van der Waals surface area contributed by atoms with E-state index in [9.17, 15) is 14.0 Å². The van der Waals surface area contributed by atoms with Crippen LogP contribution in [0.5, 0.6) is 0 Å². The molecule has 0 saturated heterocycles. The highest BCUT2D eigenvalue weighted by molar-refractivity contribution is 6.30. The Balaban J connectivity index is 2.10. The van der Waals surface area contributed by atoms with Crippen LogP contribution < -0.4 is 5.32 Å². The smallest absolute Gasteiger partial charge is 0.251 e. The van der Waals surface area contributed by atoms with Crippen molar-refractivity contribution in [2.75, 3.05) is 7.05 Å². The first-order valence-electron chi connectivity index (χ1n) is 8.34. The number of nitrogens with zero attached hydrogens (tertiary/aromatic N) is 1. The summed E-state index contributed by atoms with van der Waals surface area (Å²) in [6, 6.07) is 12.0. The second kappa shape index (κ2) is 8.81. The lowest BCUT2D eigenvalue weighted by Crippen LogP contribution is -2.50. The molecule has 2 aromatic rings. The van der Waals surface area contributed by atoms with Crippen LogP contribution in [0.1, 0.15) is 29.8 Å². The summed E-state index contributed by atoms with van der Waals surface area (Å²) in [5.41, 5.74) is 0.847. The first-order valence-corrected chi connectivity index (χ1v) is 8.72. The van der Waals surface area contributed by atoms with Crippen LogP contribution in [0, 0.1) is 11.7 Å². The predicted molar refractivity (Wildman–Crippen MR) is 100 cm³/mol. The minimum atomic E-state index is -0.713. The fraction of sp³-hybridized carbons (Fsp3) is 0.300. The highest BCUT2D eigenvalue weighted by atomic mass is 35.5. The summed E-state index contributed by atoms with van der Waals surface area (Å²) in [5, 5.41) is 3.30. The summed E-state index contributed by atoms with van der Waals surface area (Å²) in [4.78, 5) is 26.6. The average molecular weight is 377 g/mol. The Morgan fingerprint density at radius 1 is 1.12 bits per heavy atom. The molecule has 4 nitrogen and oxygen atoms in total. The lowest BCUT2D eigenvalue weighted by Gasteiger charge is -2.27. The third kappa shape index (κ3) is 5.05. The van der Waals surface area contributed by atoms with E-state index in [0.717, 1.165) is 0 Å². The van der Waals surface area contributed by atoms with Gasteiger partial charge in [0.25, 0.3) is 5.91 Å². The Kier molecular flexibility index (Phi) is 6.75. The fourth-order valence-electron chi connectivity index (χ4n) is 2.54. The monoisotopic (exact) mass is 376 g/mol. The van der Waals surface area contributed by atoms with Gasteiger partial charge in [0.2, 0.25) is 5.91 Å². The van der Waals surface area contributed by atoms with Gasteiger partial charge in [-0.25, -0.2) is 4.39 Å². The zero-order chi connectivity index (χ0) is 19.3. The van der Waals surface area contributed by atoms with Crippen LogP contribution in [-0.4, -0.2) is 29.8 Å². The van der Waals surface area contributed by atoms with E-state index in [-0.39, 0.29) is 30.1 Å². The Morgan fingerprint density at radius 3 is 2.31 bits per heavy atom. The third-order valence-corrected chi connectivity index (χ3v) is 4.32. The minimum Gasteiger partial charge on any atom is -0.340 e. The molecule has 0 aliphatic heterocycles. The molecule has 0 aliphatic rings. The second-order valence-electron chi connectivity index (χ2n) is 6.49. The molecule has 138 valence electrons. The lowest BCUT2D eigenvalue weighted by molar-refractivity contribution is -0.133. The second-order valence-corrected chi connectivity index (χ2v) is 6.92. The number of nitrogens with one attached hydrogen (secondary N) is 1. The molecule has 6 heteroatoms. The summed E-state index contributed by atoms with van der Waals surface area (Å²) in [7, 11) is 1.60. The molecule has 0 heterocycles. The van der Waals surface area contributed by atoms with Gasteiger partial charge in [-0.15, -0.1) is 0 Å². The van der Waals surface area contributed by atoms with E-state index in [1.807, 2.05) is 13.8 Å². The number of amides is 2. The fourth-order valence-corrected chi connectivity index (χ4v) is 2.66. The van der Waals surface area contributed by atoms with Crippen molar-refractivity contribution in [1.82, 2.24) is 10.2 Å². The molecule has 26 heavy (non-hydrogen) atoms. The Labute approximate surface area is 158 Å². The van der Waals surface area contributed by atoms with Crippen LogP contribution in [0.15, 0.2) is 48.5 Å². The summed E-state index contributed by atoms with van der Waals surface area (Å²) < 4.78 is 13.8. The van der Waals surface area contributed by atoms with Crippen molar-refractivity contribution in [1.29, 1.82) is 0 Å². The molecular weight excluding hydrogens is 355 g/mol. The van der Waals surface area contributed by atoms with Crippen LogP contribution >= 0.6 is 11.6 Å². The van der Waals surface area contributed by atoms with E-state index < -0.39 is 6.04 Å². The van der Waals surface area contributed by atoms with E-state index in [2.05, 4.69) is 5.32 Å². The SMILES string of the molecule is CC(C)[C@H](NC(=O)c1ccc(Cl)cc1)C(=O)N(C)Cc1ccccc1F. The molecule has 2 aromatic carbocycles. The molecule has 0 saturated carbocycles. The van der Waals surface area contributed by atoms with Crippen LogP contribution in [0.4, 0.5) is 4.39 Å². The quantitative estimate of drug-likeness (QED) is 0.831.